The van der Waals surface area contributed by atoms with E-state index < -0.39 is 0 Å². The third kappa shape index (κ3) is 3.69. The van der Waals surface area contributed by atoms with Gasteiger partial charge in [0.25, 0.3) is 5.91 Å². The predicted octanol–water partition coefficient (Wildman–Crippen LogP) is 2.32. The largest absolute Gasteiger partial charge is 0.394 e. The quantitative estimate of drug-likeness (QED) is 0.892. The molecule has 19 heavy (non-hydrogen) atoms. The Hall–Kier alpha value is -0.620. The molecule has 1 aliphatic heterocycles. The van der Waals surface area contributed by atoms with Crippen molar-refractivity contribution in [2.24, 2.45) is 0 Å². The van der Waals surface area contributed by atoms with Crippen LogP contribution in [0.2, 0.25) is 5.02 Å². The Labute approximate surface area is 125 Å². The van der Waals surface area contributed by atoms with E-state index in [1.165, 1.54) is 0 Å². The third-order valence-corrected chi connectivity index (χ3v) is 3.60. The number of hydrogen-bond donors (Lipinski definition) is 1. The first-order valence-corrected chi connectivity index (χ1v) is 7.18. The molecule has 0 bridgehead atoms. The lowest BCUT2D eigenvalue weighted by atomic mass is 10.1. The Bertz CT molecular complexity index is 463. The number of benzene rings is 1. The van der Waals surface area contributed by atoms with Gasteiger partial charge in [-0.25, -0.2) is 0 Å². The first kappa shape index (κ1) is 14.8. The number of amides is 1. The topological polar surface area (TPSA) is 49.8 Å². The molecule has 6 heteroatoms. The Morgan fingerprint density at radius 2 is 2.26 bits per heavy atom. The molecule has 1 aromatic rings. The number of ether oxygens (including phenoxy) is 1. The zero-order chi connectivity index (χ0) is 14.0. The van der Waals surface area contributed by atoms with Crippen molar-refractivity contribution < 1.29 is 14.6 Å². The lowest BCUT2D eigenvalue weighted by Gasteiger charge is -2.36. The lowest BCUT2D eigenvalue weighted by molar-refractivity contribution is -0.0858. The van der Waals surface area contributed by atoms with Crippen LogP contribution in [0.5, 0.6) is 0 Å². The van der Waals surface area contributed by atoms with E-state index in [1.54, 1.807) is 23.1 Å². The van der Waals surface area contributed by atoms with E-state index >= 15 is 0 Å². The number of hydrogen-bond acceptors (Lipinski definition) is 3. The van der Waals surface area contributed by atoms with Crippen LogP contribution >= 0.6 is 27.5 Å². The molecule has 0 radical (unpaired) electrons. The molecule has 1 aliphatic rings. The standard InChI is InChI=1S/C13H15BrClNO3/c1-8-5-16(6-12(7-17)19-8)13(18)9-2-10(14)4-11(15)3-9/h2-4,8,12,17H,5-7H2,1H3. The number of morpholine rings is 1. The summed E-state index contributed by atoms with van der Waals surface area (Å²) in [6.07, 6.45) is -0.409. The lowest BCUT2D eigenvalue weighted by Crippen LogP contribution is -2.50. The van der Waals surface area contributed by atoms with Crippen molar-refractivity contribution in [3.8, 4) is 0 Å². The van der Waals surface area contributed by atoms with Crippen LogP contribution in [-0.2, 0) is 4.74 Å². The van der Waals surface area contributed by atoms with E-state index in [9.17, 15) is 9.90 Å². The van der Waals surface area contributed by atoms with E-state index in [2.05, 4.69) is 15.9 Å². The van der Waals surface area contributed by atoms with Gasteiger partial charge in [0.1, 0.15) is 0 Å². The molecule has 0 saturated carbocycles. The van der Waals surface area contributed by atoms with Gasteiger partial charge in [-0.2, -0.15) is 0 Å². The minimum Gasteiger partial charge on any atom is -0.394 e. The number of carbonyl (C=O) groups is 1. The summed E-state index contributed by atoms with van der Waals surface area (Å²) in [5.41, 5.74) is 0.533. The summed E-state index contributed by atoms with van der Waals surface area (Å²) in [5, 5.41) is 9.69. The SMILES string of the molecule is CC1CN(C(=O)c2cc(Cl)cc(Br)c2)CC(CO)O1. The van der Waals surface area contributed by atoms with Gasteiger partial charge in [0.2, 0.25) is 0 Å². The maximum Gasteiger partial charge on any atom is 0.254 e. The highest BCUT2D eigenvalue weighted by atomic mass is 79.9. The summed E-state index contributed by atoms with van der Waals surface area (Å²) in [7, 11) is 0. The first-order chi connectivity index (χ1) is 8.99. The normalized spacial score (nSPS) is 23.5. The average molecular weight is 349 g/mol. The van der Waals surface area contributed by atoms with Crippen molar-refractivity contribution in [1.29, 1.82) is 0 Å². The van der Waals surface area contributed by atoms with Gasteiger partial charge >= 0.3 is 0 Å². The molecule has 1 amide bonds. The number of nitrogens with zero attached hydrogens (tertiary/aromatic N) is 1. The number of aliphatic hydroxyl groups excluding tert-OH is 1. The van der Waals surface area contributed by atoms with E-state index in [-0.39, 0.29) is 24.7 Å². The second-order valence-corrected chi connectivity index (χ2v) is 5.97. The summed E-state index contributed by atoms with van der Waals surface area (Å²) >= 11 is 9.28. The van der Waals surface area contributed by atoms with Gasteiger partial charge in [-0.05, 0) is 25.1 Å². The first-order valence-electron chi connectivity index (χ1n) is 6.01. The smallest absolute Gasteiger partial charge is 0.254 e. The van der Waals surface area contributed by atoms with Gasteiger partial charge in [-0.1, -0.05) is 27.5 Å². The highest BCUT2D eigenvalue weighted by Gasteiger charge is 2.28. The molecule has 4 nitrogen and oxygen atoms in total. The molecule has 2 unspecified atom stereocenters. The fourth-order valence-electron chi connectivity index (χ4n) is 2.17. The molecule has 1 N–H and O–H groups in total. The number of carbonyl (C=O) groups excluding carboxylic acids is 1. The zero-order valence-electron chi connectivity index (χ0n) is 10.5. The van der Waals surface area contributed by atoms with Crippen LogP contribution in [0.1, 0.15) is 17.3 Å². The van der Waals surface area contributed by atoms with Gasteiger partial charge in [-0.3, -0.25) is 4.79 Å². The molecule has 0 spiro atoms. The fourth-order valence-corrected chi connectivity index (χ4v) is 3.03. The molecule has 1 saturated heterocycles. The van der Waals surface area contributed by atoms with Crippen molar-refractivity contribution in [3.05, 3.63) is 33.3 Å². The van der Waals surface area contributed by atoms with Gasteiger partial charge in [0, 0.05) is 28.1 Å². The molecule has 0 aliphatic carbocycles. The minimum atomic E-state index is -0.324. The van der Waals surface area contributed by atoms with Crippen LogP contribution in [0.15, 0.2) is 22.7 Å². The fraction of sp³-hybridized carbons (Fsp3) is 0.462. The van der Waals surface area contributed by atoms with Crippen molar-refractivity contribution >= 4 is 33.4 Å². The minimum absolute atomic E-state index is 0.0857. The summed E-state index contributed by atoms with van der Waals surface area (Å²) in [6, 6.07) is 5.11. The van der Waals surface area contributed by atoms with E-state index in [0.29, 0.717) is 23.7 Å². The Morgan fingerprint density at radius 1 is 1.53 bits per heavy atom. The van der Waals surface area contributed by atoms with Crippen molar-refractivity contribution in [1.82, 2.24) is 4.90 Å². The molecule has 0 aromatic heterocycles. The van der Waals surface area contributed by atoms with Gasteiger partial charge in [0.05, 0.1) is 18.8 Å². The van der Waals surface area contributed by atoms with Gasteiger partial charge in [0.15, 0.2) is 0 Å². The maximum absolute atomic E-state index is 12.4. The zero-order valence-corrected chi connectivity index (χ0v) is 12.8. The third-order valence-electron chi connectivity index (χ3n) is 2.93. The molecular weight excluding hydrogens is 334 g/mol. The van der Waals surface area contributed by atoms with Crippen molar-refractivity contribution in [2.45, 2.75) is 19.1 Å². The van der Waals surface area contributed by atoms with Crippen molar-refractivity contribution in [3.63, 3.8) is 0 Å². The molecule has 1 heterocycles. The van der Waals surface area contributed by atoms with Crippen LogP contribution in [0.4, 0.5) is 0 Å². The molecule has 104 valence electrons. The Balaban J connectivity index is 2.18. The number of halogens is 2. The van der Waals surface area contributed by atoms with E-state index in [4.69, 9.17) is 16.3 Å². The highest BCUT2D eigenvalue weighted by molar-refractivity contribution is 9.10. The summed E-state index contributed by atoms with van der Waals surface area (Å²) in [5.74, 6) is -0.100. The highest BCUT2D eigenvalue weighted by Crippen LogP contribution is 2.22. The second kappa shape index (κ2) is 6.22. The van der Waals surface area contributed by atoms with Gasteiger partial charge in [-0.15, -0.1) is 0 Å². The molecule has 2 rings (SSSR count). The van der Waals surface area contributed by atoms with Crippen LogP contribution in [0.3, 0.4) is 0 Å². The summed E-state index contributed by atoms with van der Waals surface area (Å²) in [4.78, 5) is 14.1. The van der Waals surface area contributed by atoms with Crippen LogP contribution < -0.4 is 0 Å². The van der Waals surface area contributed by atoms with Crippen LogP contribution in [0, 0.1) is 0 Å². The number of rotatable bonds is 2. The van der Waals surface area contributed by atoms with E-state index in [0.717, 1.165) is 4.47 Å². The molecule has 1 aromatic carbocycles. The Morgan fingerprint density at radius 3 is 2.89 bits per heavy atom. The monoisotopic (exact) mass is 347 g/mol. The maximum atomic E-state index is 12.4. The summed E-state index contributed by atoms with van der Waals surface area (Å²) in [6.45, 7) is 2.70. The van der Waals surface area contributed by atoms with Crippen LogP contribution in [0.25, 0.3) is 0 Å². The Kier molecular flexibility index (Phi) is 4.84. The second-order valence-electron chi connectivity index (χ2n) is 4.62. The summed E-state index contributed by atoms with van der Waals surface area (Å²) < 4.78 is 6.29. The average Bonchev–Trinajstić information content (AvgIpc) is 2.35. The molecule has 2 atom stereocenters. The molecule has 1 fully saturated rings. The van der Waals surface area contributed by atoms with Crippen molar-refractivity contribution in [2.75, 3.05) is 19.7 Å². The predicted molar refractivity (Wildman–Crippen MR) is 76.5 cm³/mol. The van der Waals surface area contributed by atoms with E-state index in [1.807, 2.05) is 6.92 Å². The molecular formula is C13H15BrClNO3. The van der Waals surface area contributed by atoms with Gasteiger partial charge < -0.3 is 14.7 Å². The van der Waals surface area contributed by atoms with Crippen LogP contribution in [-0.4, -0.2) is 47.8 Å². The number of aliphatic hydroxyl groups is 1.